The molecule has 0 saturated heterocycles. The molecule has 1 aliphatic rings. The molecule has 0 unspecified atom stereocenters. The van der Waals surface area contributed by atoms with E-state index in [-0.39, 0.29) is 18.0 Å². The third-order valence-electron chi connectivity index (χ3n) is 5.11. The molecule has 0 bridgehead atoms. The van der Waals surface area contributed by atoms with Crippen LogP contribution in [0, 0.1) is 27.9 Å². The predicted molar refractivity (Wildman–Crippen MR) is 116 cm³/mol. The van der Waals surface area contributed by atoms with Crippen molar-refractivity contribution >= 4 is 35.4 Å². The summed E-state index contributed by atoms with van der Waals surface area (Å²) in [5.74, 6) is -5.92. The first-order valence-corrected chi connectivity index (χ1v) is 10.2. The first kappa shape index (κ1) is 25.3. The number of amides is 2. The molecule has 35 heavy (non-hydrogen) atoms. The third-order valence-corrected chi connectivity index (χ3v) is 5.11. The highest BCUT2D eigenvalue weighted by molar-refractivity contribution is 6.05. The van der Waals surface area contributed by atoms with E-state index in [1.54, 1.807) is 0 Å². The number of carbonyl (C=O) groups is 3. The molecule has 10 nitrogen and oxygen atoms in total. The lowest BCUT2D eigenvalue weighted by atomic mass is 10.2. The number of nitro benzene ring substituents is 1. The molecule has 184 valence electrons. The smallest absolute Gasteiger partial charge is 0.416 e. The summed E-state index contributed by atoms with van der Waals surface area (Å²) in [5, 5.41) is 16.8. The van der Waals surface area contributed by atoms with E-state index < -0.39 is 52.2 Å². The average Bonchev–Trinajstić information content (AvgIpc) is 3.55. The minimum absolute atomic E-state index is 0.00339. The molecule has 1 aliphatic carbocycles. The van der Waals surface area contributed by atoms with Crippen LogP contribution in [0.1, 0.15) is 18.1 Å². The number of rotatable bonds is 8. The number of ether oxygens (including phenoxy) is 1. The Balaban J connectivity index is 1.70. The zero-order valence-corrected chi connectivity index (χ0v) is 18.1. The number of non-ortho nitro benzene ring substituents is 1. The summed E-state index contributed by atoms with van der Waals surface area (Å²) in [5.41, 5.74) is 1.18. The highest BCUT2D eigenvalue weighted by Crippen LogP contribution is 2.48. The fraction of sp³-hybridized carbons (Fsp3) is 0.273. The predicted octanol–water partition coefficient (Wildman–Crippen LogP) is 3.13. The Kier molecular flexibility index (Phi) is 7.47. The first-order valence-electron chi connectivity index (χ1n) is 10.2. The zero-order chi connectivity index (χ0) is 25.8. The van der Waals surface area contributed by atoms with Gasteiger partial charge in [0.1, 0.15) is 0 Å². The maximum Gasteiger partial charge on any atom is 0.416 e. The van der Waals surface area contributed by atoms with Crippen molar-refractivity contribution < 1.29 is 37.2 Å². The molecule has 2 amide bonds. The van der Waals surface area contributed by atoms with Crippen LogP contribution in [0.25, 0.3) is 0 Å². The normalized spacial score (nSPS) is 19.1. The molecule has 0 radical (unpaired) electrons. The number of nitrogens with zero attached hydrogens (tertiary/aromatic N) is 2. The molecule has 0 aromatic heterocycles. The van der Waals surface area contributed by atoms with Gasteiger partial charge in [0.25, 0.3) is 5.69 Å². The van der Waals surface area contributed by atoms with Gasteiger partial charge in [-0.1, -0.05) is 18.2 Å². The van der Waals surface area contributed by atoms with E-state index >= 15 is 0 Å². The van der Waals surface area contributed by atoms with Crippen LogP contribution in [-0.2, 0) is 25.3 Å². The SMILES string of the molecule is CCOC(=O)[C@@H]1[C@H](C(=O)N/N=C/c2cccc([N+](=O)[O-])c2)[C@H]1C(=O)Nc1cccc(C(F)(F)F)c1. The molecule has 2 aromatic rings. The van der Waals surface area contributed by atoms with Gasteiger partial charge in [-0.3, -0.25) is 24.5 Å². The fourth-order valence-electron chi connectivity index (χ4n) is 3.46. The van der Waals surface area contributed by atoms with E-state index in [0.717, 1.165) is 24.4 Å². The standard InChI is InChI=1S/C22H19F3N4O6/c1-2-35-21(32)18-16(19(30)27-14-7-4-6-13(10-14)22(23,24)25)17(18)20(31)28-26-11-12-5-3-8-15(9-12)29(33)34/h3-11,16-18H,2H2,1H3,(H,27,30)(H,28,31)/b26-11+/t16-,17-,18+/m1/s1. The molecule has 0 spiro atoms. The number of anilines is 1. The minimum Gasteiger partial charge on any atom is -0.466 e. The highest BCUT2D eigenvalue weighted by atomic mass is 19.4. The van der Waals surface area contributed by atoms with Crippen molar-refractivity contribution in [2.75, 3.05) is 11.9 Å². The second-order valence-corrected chi connectivity index (χ2v) is 7.48. The molecular weight excluding hydrogens is 473 g/mol. The number of hydrazone groups is 1. The lowest BCUT2D eigenvalue weighted by molar-refractivity contribution is -0.384. The molecule has 3 atom stereocenters. The number of hydrogen-bond donors (Lipinski definition) is 2. The van der Waals surface area contributed by atoms with Crippen LogP contribution >= 0.6 is 0 Å². The summed E-state index contributed by atoms with van der Waals surface area (Å²) in [7, 11) is 0. The summed E-state index contributed by atoms with van der Waals surface area (Å²) >= 11 is 0. The summed E-state index contributed by atoms with van der Waals surface area (Å²) in [4.78, 5) is 47.7. The molecule has 3 rings (SSSR count). The lowest BCUT2D eigenvalue weighted by Gasteiger charge is -2.10. The van der Waals surface area contributed by atoms with E-state index in [1.807, 2.05) is 0 Å². The number of nitrogens with one attached hydrogen (secondary N) is 2. The van der Waals surface area contributed by atoms with E-state index in [1.165, 1.54) is 37.3 Å². The van der Waals surface area contributed by atoms with Crippen LogP contribution in [0.4, 0.5) is 24.5 Å². The Morgan fingerprint density at radius 3 is 2.43 bits per heavy atom. The highest BCUT2D eigenvalue weighted by Gasteiger charge is 2.63. The summed E-state index contributed by atoms with van der Waals surface area (Å²) in [6.07, 6.45) is -3.47. The number of esters is 1. The quantitative estimate of drug-likeness (QED) is 0.251. The van der Waals surface area contributed by atoms with Gasteiger partial charge in [-0.05, 0) is 25.1 Å². The van der Waals surface area contributed by atoms with Crippen molar-refractivity contribution in [1.29, 1.82) is 0 Å². The number of nitro groups is 1. The summed E-state index contributed by atoms with van der Waals surface area (Å²) in [6.45, 7) is 1.53. The van der Waals surface area contributed by atoms with Crippen molar-refractivity contribution in [3.8, 4) is 0 Å². The van der Waals surface area contributed by atoms with Crippen LogP contribution < -0.4 is 10.7 Å². The Bertz CT molecular complexity index is 1180. The van der Waals surface area contributed by atoms with Crippen LogP contribution in [0.3, 0.4) is 0 Å². The molecule has 13 heteroatoms. The van der Waals surface area contributed by atoms with E-state index in [9.17, 15) is 37.7 Å². The molecule has 1 saturated carbocycles. The minimum atomic E-state index is -4.62. The van der Waals surface area contributed by atoms with Crippen molar-refractivity contribution in [1.82, 2.24) is 5.43 Å². The monoisotopic (exact) mass is 492 g/mol. The Morgan fingerprint density at radius 2 is 1.77 bits per heavy atom. The van der Waals surface area contributed by atoms with E-state index in [0.29, 0.717) is 5.56 Å². The number of carbonyl (C=O) groups excluding carboxylic acids is 3. The van der Waals surface area contributed by atoms with Gasteiger partial charge in [-0.2, -0.15) is 18.3 Å². The Hall–Kier alpha value is -4.29. The largest absolute Gasteiger partial charge is 0.466 e. The van der Waals surface area contributed by atoms with Crippen LogP contribution in [0.2, 0.25) is 0 Å². The molecule has 2 N–H and O–H groups in total. The van der Waals surface area contributed by atoms with Gasteiger partial charge in [-0.15, -0.1) is 0 Å². The van der Waals surface area contributed by atoms with Crippen LogP contribution in [0.15, 0.2) is 53.6 Å². The Morgan fingerprint density at radius 1 is 1.09 bits per heavy atom. The topological polar surface area (TPSA) is 140 Å². The summed E-state index contributed by atoms with van der Waals surface area (Å²) in [6, 6.07) is 9.35. The number of benzene rings is 2. The van der Waals surface area contributed by atoms with Crippen molar-refractivity contribution in [2.24, 2.45) is 22.9 Å². The average molecular weight is 492 g/mol. The number of halogens is 3. The summed E-state index contributed by atoms with van der Waals surface area (Å²) < 4.78 is 43.7. The third kappa shape index (κ3) is 6.19. The van der Waals surface area contributed by atoms with Gasteiger partial charge in [0.15, 0.2) is 0 Å². The van der Waals surface area contributed by atoms with Gasteiger partial charge in [0.2, 0.25) is 11.8 Å². The van der Waals surface area contributed by atoms with Crippen molar-refractivity contribution in [2.45, 2.75) is 13.1 Å². The van der Waals surface area contributed by atoms with Gasteiger partial charge >= 0.3 is 12.1 Å². The van der Waals surface area contributed by atoms with Crippen LogP contribution in [0.5, 0.6) is 0 Å². The number of hydrogen-bond acceptors (Lipinski definition) is 7. The van der Waals surface area contributed by atoms with Crippen LogP contribution in [-0.4, -0.2) is 35.5 Å². The maximum atomic E-state index is 12.9. The molecule has 2 aromatic carbocycles. The second kappa shape index (κ2) is 10.3. The molecule has 0 heterocycles. The first-order chi connectivity index (χ1) is 16.5. The fourth-order valence-corrected chi connectivity index (χ4v) is 3.46. The molecule has 0 aliphatic heterocycles. The van der Waals surface area contributed by atoms with Crippen molar-refractivity contribution in [3.05, 3.63) is 69.8 Å². The van der Waals surface area contributed by atoms with Gasteiger partial charge < -0.3 is 10.1 Å². The van der Waals surface area contributed by atoms with Crippen molar-refractivity contribution in [3.63, 3.8) is 0 Å². The Labute approximate surface area is 196 Å². The second-order valence-electron chi connectivity index (χ2n) is 7.48. The van der Waals surface area contributed by atoms with E-state index in [2.05, 4.69) is 15.8 Å². The van der Waals surface area contributed by atoms with Gasteiger partial charge in [0, 0.05) is 23.4 Å². The maximum absolute atomic E-state index is 12.9. The molecular formula is C22H19F3N4O6. The van der Waals surface area contributed by atoms with Gasteiger partial charge in [-0.25, -0.2) is 5.43 Å². The van der Waals surface area contributed by atoms with E-state index in [4.69, 9.17) is 4.74 Å². The molecule has 1 fully saturated rings. The zero-order valence-electron chi connectivity index (χ0n) is 18.1. The lowest BCUT2D eigenvalue weighted by Crippen LogP contribution is -2.24. The number of alkyl halides is 3. The van der Waals surface area contributed by atoms with Gasteiger partial charge in [0.05, 0.1) is 41.1 Å².